The Morgan fingerprint density at radius 2 is 1.70 bits per heavy atom. The maximum absolute atomic E-state index is 12.9. The van der Waals surface area contributed by atoms with E-state index in [4.69, 9.17) is 9.47 Å². The van der Waals surface area contributed by atoms with Gasteiger partial charge in [0.1, 0.15) is 0 Å². The van der Waals surface area contributed by atoms with E-state index in [2.05, 4.69) is 10.0 Å². The van der Waals surface area contributed by atoms with E-state index in [1.807, 2.05) is 18.2 Å². The van der Waals surface area contributed by atoms with Gasteiger partial charge in [0.05, 0.1) is 24.7 Å². The zero-order valence-electron chi connectivity index (χ0n) is 19.1. The van der Waals surface area contributed by atoms with Crippen LogP contribution in [-0.2, 0) is 16.4 Å². The smallest absolute Gasteiger partial charge is 0.337 e. The molecule has 0 aromatic heterocycles. The number of carbonyl (C=O) groups is 1. The van der Waals surface area contributed by atoms with E-state index in [0.29, 0.717) is 30.2 Å². The third-order valence-electron chi connectivity index (χ3n) is 5.89. The van der Waals surface area contributed by atoms with E-state index in [0.717, 1.165) is 44.1 Å². The molecule has 0 spiro atoms. The van der Waals surface area contributed by atoms with Crippen molar-refractivity contribution in [2.24, 2.45) is 0 Å². The molecule has 1 aliphatic rings. The van der Waals surface area contributed by atoms with Gasteiger partial charge in [-0.05, 0) is 55.2 Å². The zero-order valence-corrected chi connectivity index (χ0v) is 19.9. The Labute approximate surface area is 195 Å². The summed E-state index contributed by atoms with van der Waals surface area (Å²) in [5.74, 6) is 0.0729. The van der Waals surface area contributed by atoms with Gasteiger partial charge in [0.15, 0.2) is 11.5 Å². The summed E-state index contributed by atoms with van der Waals surface area (Å²) in [5, 5.41) is 12.8. The second kappa shape index (κ2) is 11.4. The first-order chi connectivity index (χ1) is 15.8. The number of anilines is 1. The van der Waals surface area contributed by atoms with Crippen LogP contribution in [0.25, 0.3) is 0 Å². The van der Waals surface area contributed by atoms with Crippen molar-refractivity contribution >= 4 is 21.7 Å². The molecule has 0 aliphatic heterocycles. The number of benzene rings is 2. The number of sulfonamides is 1. The van der Waals surface area contributed by atoms with Gasteiger partial charge in [0.25, 0.3) is 0 Å². The first-order valence-electron chi connectivity index (χ1n) is 11.2. The molecule has 0 heterocycles. The average Bonchev–Trinajstić information content (AvgIpc) is 3.07. The van der Waals surface area contributed by atoms with E-state index < -0.39 is 16.0 Å². The lowest BCUT2D eigenvalue weighted by atomic mass is 10.1. The normalized spacial score (nSPS) is 15.0. The van der Waals surface area contributed by atoms with Crippen molar-refractivity contribution in [1.82, 2.24) is 4.72 Å². The third kappa shape index (κ3) is 6.61. The molecular formula is C24H32N2O6S. The van der Waals surface area contributed by atoms with E-state index in [9.17, 15) is 18.3 Å². The van der Waals surface area contributed by atoms with Crippen LogP contribution in [0.15, 0.2) is 41.3 Å². The van der Waals surface area contributed by atoms with Crippen molar-refractivity contribution < 1.29 is 27.8 Å². The second-order valence-corrected chi connectivity index (χ2v) is 9.90. The highest BCUT2D eigenvalue weighted by Crippen LogP contribution is 2.28. The van der Waals surface area contributed by atoms with Crippen molar-refractivity contribution in [2.45, 2.75) is 55.9 Å². The topological polar surface area (TPSA) is 114 Å². The summed E-state index contributed by atoms with van der Waals surface area (Å²) in [4.78, 5) is 11.8. The number of aromatic carboxylic acids is 1. The lowest BCUT2D eigenvalue weighted by Gasteiger charge is -2.17. The van der Waals surface area contributed by atoms with Crippen LogP contribution in [-0.4, -0.2) is 46.3 Å². The molecule has 0 amide bonds. The van der Waals surface area contributed by atoms with Gasteiger partial charge in [0.2, 0.25) is 10.0 Å². The van der Waals surface area contributed by atoms with Crippen molar-refractivity contribution in [3.8, 4) is 11.5 Å². The number of ether oxygens (including phenoxy) is 2. The molecule has 1 aliphatic carbocycles. The molecule has 0 saturated heterocycles. The minimum atomic E-state index is -3.79. The molecule has 9 heteroatoms. The van der Waals surface area contributed by atoms with Gasteiger partial charge in [-0.25, -0.2) is 17.9 Å². The molecular weight excluding hydrogens is 444 g/mol. The molecule has 0 atom stereocenters. The highest BCUT2D eigenvalue weighted by atomic mass is 32.2. The minimum absolute atomic E-state index is 0.0328. The van der Waals surface area contributed by atoms with Crippen molar-refractivity contribution in [3.63, 3.8) is 0 Å². The summed E-state index contributed by atoms with van der Waals surface area (Å²) in [7, 11) is -0.653. The number of carboxylic acid groups (broad SMARTS) is 1. The summed E-state index contributed by atoms with van der Waals surface area (Å²) in [6, 6.07) is 9.68. The van der Waals surface area contributed by atoms with E-state index in [1.54, 1.807) is 14.2 Å². The van der Waals surface area contributed by atoms with Crippen LogP contribution in [0, 0.1) is 0 Å². The Morgan fingerprint density at radius 1 is 1.00 bits per heavy atom. The summed E-state index contributed by atoms with van der Waals surface area (Å²) in [5.41, 5.74) is 1.28. The predicted molar refractivity (Wildman–Crippen MR) is 127 cm³/mol. The van der Waals surface area contributed by atoms with Gasteiger partial charge in [0, 0.05) is 18.3 Å². The lowest BCUT2D eigenvalue weighted by Crippen LogP contribution is -2.34. The first kappa shape index (κ1) is 24.9. The zero-order chi connectivity index (χ0) is 23.8. The number of hydrogen-bond acceptors (Lipinski definition) is 6. The standard InChI is InChI=1S/C24H32N2O6S/c1-31-22-12-9-17(15-23(22)32-2)13-14-25-21-11-10-19(16-20(21)24(27)28)33(29,30)26-18-7-5-3-4-6-8-18/h9-12,15-16,18,25-26H,3-8,13-14H2,1-2H3,(H,27,28). The van der Waals surface area contributed by atoms with Crippen LogP contribution >= 0.6 is 0 Å². The maximum Gasteiger partial charge on any atom is 0.337 e. The molecule has 8 nitrogen and oxygen atoms in total. The largest absolute Gasteiger partial charge is 0.493 e. The van der Waals surface area contributed by atoms with Gasteiger partial charge in [-0.15, -0.1) is 0 Å². The van der Waals surface area contributed by atoms with Crippen LogP contribution < -0.4 is 19.5 Å². The Hall–Kier alpha value is -2.78. The van der Waals surface area contributed by atoms with E-state index in [-0.39, 0.29) is 16.5 Å². The Kier molecular flexibility index (Phi) is 8.57. The number of carboxylic acids is 1. The molecule has 1 saturated carbocycles. The molecule has 0 bridgehead atoms. The SMILES string of the molecule is COc1ccc(CCNc2ccc(S(=O)(=O)NC3CCCCCC3)cc2C(=O)O)cc1OC. The molecule has 33 heavy (non-hydrogen) atoms. The van der Waals surface area contributed by atoms with Crippen molar-refractivity contribution in [1.29, 1.82) is 0 Å². The fourth-order valence-electron chi connectivity index (χ4n) is 4.08. The molecule has 0 radical (unpaired) electrons. The number of methoxy groups -OCH3 is 2. The Balaban J connectivity index is 1.70. The third-order valence-corrected chi connectivity index (χ3v) is 7.40. The van der Waals surface area contributed by atoms with Crippen LogP contribution in [0.5, 0.6) is 11.5 Å². The number of rotatable bonds is 10. The van der Waals surface area contributed by atoms with Gasteiger partial charge in [-0.1, -0.05) is 31.7 Å². The fraction of sp³-hybridized carbons (Fsp3) is 0.458. The van der Waals surface area contributed by atoms with Crippen molar-refractivity contribution in [2.75, 3.05) is 26.1 Å². The highest BCUT2D eigenvalue weighted by Gasteiger charge is 2.23. The molecule has 3 rings (SSSR count). The number of nitrogens with one attached hydrogen (secondary N) is 2. The van der Waals surface area contributed by atoms with Crippen LogP contribution in [0.3, 0.4) is 0 Å². The molecule has 180 valence electrons. The Morgan fingerprint density at radius 3 is 2.33 bits per heavy atom. The highest BCUT2D eigenvalue weighted by molar-refractivity contribution is 7.89. The quantitative estimate of drug-likeness (QED) is 0.443. The van der Waals surface area contributed by atoms with Gasteiger partial charge in [-0.3, -0.25) is 0 Å². The van der Waals surface area contributed by atoms with E-state index in [1.165, 1.54) is 18.2 Å². The summed E-state index contributed by atoms with van der Waals surface area (Å²) >= 11 is 0. The van der Waals surface area contributed by atoms with Gasteiger partial charge < -0.3 is 19.9 Å². The van der Waals surface area contributed by atoms with Crippen LogP contribution in [0.2, 0.25) is 0 Å². The summed E-state index contributed by atoms with van der Waals surface area (Å²) in [6.45, 7) is 0.460. The molecule has 1 fully saturated rings. The van der Waals surface area contributed by atoms with Crippen molar-refractivity contribution in [3.05, 3.63) is 47.5 Å². The second-order valence-electron chi connectivity index (χ2n) is 8.19. The lowest BCUT2D eigenvalue weighted by molar-refractivity contribution is 0.0697. The predicted octanol–water partition coefficient (Wildman–Crippen LogP) is 4.06. The Bertz CT molecular complexity index is 1060. The molecule has 0 unspecified atom stereocenters. The van der Waals surface area contributed by atoms with Crippen LogP contribution in [0.4, 0.5) is 5.69 Å². The number of hydrogen-bond donors (Lipinski definition) is 3. The van der Waals surface area contributed by atoms with E-state index >= 15 is 0 Å². The summed E-state index contributed by atoms with van der Waals surface area (Å²) < 4.78 is 39.0. The summed E-state index contributed by atoms with van der Waals surface area (Å²) in [6.07, 6.45) is 6.45. The monoisotopic (exact) mass is 476 g/mol. The first-order valence-corrected chi connectivity index (χ1v) is 12.7. The van der Waals surface area contributed by atoms with Crippen LogP contribution in [0.1, 0.15) is 54.4 Å². The average molecular weight is 477 g/mol. The van der Waals surface area contributed by atoms with Gasteiger partial charge in [-0.2, -0.15) is 0 Å². The van der Waals surface area contributed by atoms with Gasteiger partial charge >= 0.3 is 5.97 Å². The minimum Gasteiger partial charge on any atom is -0.493 e. The maximum atomic E-state index is 12.9. The molecule has 2 aromatic rings. The molecule has 2 aromatic carbocycles. The fourth-order valence-corrected chi connectivity index (χ4v) is 5.41. The molecule has 3 N–H and O–H groups in total.